The van der Waals surface area contributed by atoms with Gasteiger partial charge in [-0.05, 0) is 24.0 Å². The van der Waals surface area contributed by atoms with Crippen LogP contribution in [-0.2, 0) is 4.74 Å². The normalized spacial score (nSPS) is 9.93. The Bertz CT molecular complexity index is 339. The van der Waals surface area contributed by atoms with Crippen molar-refractivity contribution in [2.24, 2.45) is 0 Å². The molecule has 4 heteroatoms. The summed E-state index contributed by atoms with van der Waals surface area (Å²) in [6, 6.07) is 4.05. The molecule has 0 saturated carbocycles. The Kier molecular flexibility index (Phi) is 3.95. The van der Waals surface area contributed by atoms with Crippen LogP contribution in [0.3, 0.4) is 0 Å². The number of esters is 1. The summed E-state index contributed by atoms with van der Waals surface area (Å²) in [4.78, 5) is 11.9. The van der Waals surface area contributed by atoms with Crippen molar-refractivity contribution in [3.05, 3.63) is 29.6 Å². The third-order valence-corrected chi connectivity index (χ3v) is 2.59. The highest BCUT2D eigenvalue weighted by atomic mass is 32.2. The number of thioether (sulfide) groups is 1. The lowest BCUT2D eigenvalue weighted by atomic mass is 10.2. The minimum absolute atomic E-state index is 0.339. The molecular formula is C10H11FO2S. The maximum Gasteiger partial charge on any atom is 0.338 e. The number of hydrogen-bond acceptors (Lipinski definition) is 3. The van der Waals surface area contributed by atoms with E-state index in [1.807, 2.05) is 6.92 Å². The quantitative estimate of drug-likeness (QED) is 0.571. The molecule has 76 valence electrons. The molecule has 1 aromatic rings. The minimum atomic E-state index is -0.430. The van der Waals surface area contributed by atoms with Crippen molar-refractivity contribution in [2.75, 3.05) is 12.9 Å². The Balaban J connectivity index is 3.07. The molecule has 14 heavy (non-hydrogen) atoms. The van der Waals surface area contributed by atoms with Gasteiger partial charge >= 0.3 is 5.97 Å². The Hall–Kier alpha value is -1.03. The average Bonchev–Trinajstić information content (AvgIpc) is 2.17. The molecule has 0 atom stereocenters. The van der Waals surface area contributed by atoms with Gasteiger partial charge in [-0.3, -0.25) is 0 Å². The Morgan fingerprint density at radius 1 is 1.57 bits per heavy atom. The van der Waals surface area contributed by atoms with Gasteiger partial charge in [0.2, 0.25) is 0 Å². The van der Waals surface area contributed by atoms with Crippen LogP contribution in [0.2, 0.25) is 0 Å². The molecule has 0 aliphatic rings. The highest BCUT2D eigenvalue weighted by molar-refractivity contribution is 7.99. The topological polar surface area (TPSA) is 26.3 Å². The predicted octanol–water partition coefficient (Wildman–Crippen LogP) is 2.72. The smallest absolute Gasteiger partial charge is 0.338 e. The molecule has 0 amide bonds. The minimum Gasteiger partial charge on any atom is -0.465 e. The highest BCUT2D eigenvalue weighted by Gasteiger charge is 2.12. The first kappa shape index (κ1) is 11.0. The van der Waals surface area contributed by atoms with E-state index in [0.717, 1.165) is 5.75 Å². The SMILES string of the molecule is CCSc1cc(F)ccc1C(=O)OC. The first-order chi connectivity index (χ1) is 6.69. The number of methoxy groups -OCH3 is 1. The van der Waals surface area contributed by atoms with Gasteiger partial charge < -0.3 is 4.74 Å². The molecule has 0 radical (unpaired) electrons. The van der Waals surface area contributed by atoms with E-state index in [1.54, 1.807) is 0 Å². The van der Waals surface area contributed by atoms with Crippen molar-refractivity contribution in [3.8, 4) is 0 Å². The molecule has 2 nitrogen and oxygen atoms in total. The van der Waals surface area contributed by atoms with Gasteiger partial charge in [0.05, 0.1) is 12.7 Å². The van der Waals surface area contributed by atoms with Crippen LogP contribution < -0.4 is 0 Å². The summed E-state index contributed by atoms with van der Waals surface area (Å²) in [7, 11) is 1.31. The van der Waals surface area contributed by atoms with Gasteiger partial charge in [-0.2, -0.15) is 0 Å². The van der Waals surface area contributed by atoms with Gasteiger partial charge in [-0.15, -0.1) is 11.8 Å². The standard InChI is InChI=1S/C10H11FO2S/c1-3-14-9-6-7(11)4-5-8(9)10(12)13-2/h4-6H,3H2,1-2H3. The molecule has 0 saturated heterocycles. The number of hydrogen-bond donors (Lipinski definition) is 0. The van der Waals surface area contributed by atoms with Gasteiger partial charge in [0.1, 0.15) is 5.82 Å². The maximum absolute atomic E-state index is 12.9. The zero-order valence-corrected chi connectivity index (χ0v) is 8.86. The van der Waals surface area contributed by atoms with Gasteiger partial charge in [0, 0.05) is 4.90 Å². The van der Waals surface area contributed by atoms with Crippen LogP contribution >= 0.6 is 11.8 Å². The molecule has 0 fully saturated rings. The van der Waals surface area contributed by atoms with Crippen molar-refractivity contribution in [2.45, 2.75) is 11.8 Å². The first-order valence-electron chi connectivity index (χ1n) is 4.19. The van der Waals surface area contributed by atoms with Gasteiger partial charge in [-0.25, -0.2) is 9.18 Å². The second-order valence-corrected chi connectivity index (χ2v) is 3.87. The van der Waals surface area contributed by atoms with Crippen LogP contribution in [0.4, 0.5) is 4.39 Å². The number of carbonyl (C=O) groups excluding carboxylic acids is 1. The summed E-state index contributed by atoms with van der Waals surface area (Å²) in [5.41, 5.74) is 0.417. The second-order valence-electron chi connectivity index (χ2n) is 2.57. The molecule has 1 rings (SSSR count). The molecule has 1 aromatic carbocycles. The van der Waals surface area contributed by atoms with Crippen molar-refractivity contribution >= 4 is 17.7 Å². The highest BCUT2D eigenvalue weighted by Crippen LogP contribution is 2.24. The van der Waals surface area contributed by atoms with Crippen molar-refractivity contribution in [1.29, 1.82) is 0 Å². The molecule has 0 heterocycles. The van der Waals surface area contributed by atoms with Crippen LogP contribution in [-0.4, -0.2) is 18.8 Å². The molecule has 0 aliphatic carbocycles. The van der Waals surface area contributed by atoms with E-state index in [4.69, 9.17) is 0 Å². The number of carbonyl (C=O) groups is 1. The fraction of sp³-hybridized carbons (Fsp3) is 0.300. The Morgan fingerprint density at radius 3 is 2.86 bits per heavy atom. The van der Waals surface area contributed by atoms with Gasteiger partial charge in [0.15, 0.2) is 0 Å². The Labute approximate surface area is 86.5 Å². The van der Waals surface area contributed by atoms with Crippen LogP contribution in [0.25, 0.3) is 0 Å². The summed E-state index contributed by atoms with van der Waals surface area (Å²) < 4.78 is 17.5. The predicted molar refractivity (Wildman–Crippen MR) is 54.1 cm³/mol. The van der Waals surface area contributed by atoms with E-state index < -0.39 is 5.97 Å². The third kappa shape index (κ3) is 2.48. The zero-order chi connectivity index (χ0) is 10.6. The van der Waals surface area contributed by atoms with E-state index in [1.165, 1.54) is 37.1 Å². The van der Waals surface area contributed by atoms with Crippen LogP contribution in [0.5, 0.6) is 0 Å². The molecule has 0 bridgehead atoms. The Morgan fingerprint density at radius 2 is 2.29 bits per heavy atom. The van der Waals surface area contributed by atoms with E-state index in [-0.39, 0.29) is 5.82 Å². The third-order valence-electron chi connectivity index (χ3n) is 1.65. The van der Waals surface area contributed by atoms with Crippen molar-refractivity contribution in [3.63, 3.8) is 0 Å². The lowest BCUT2D eigenvalue weighted by Gasteiger charge is -2.05. The van der Waals surface area contributed by atoms with Crippen LogP contribution in [0.15, 0.2) is 23.1 Å². The maximum atomic E-state index is 12.9. The number of halogens is 1. The molecule has 0 spiro atoms. The summed E-state index contributed by atoms with van der Waals surface area (Å²) >= 11 is 1.42. The monoisotopic (exact) mass is 214 g/mol. The summed E-state index contributed by atoms with van der Waals surface area (Å²) in [6.45, 7) is 1.94. The number of rotatable bonds is 3. The first-order valence-corrected chi connectivity index (χ1v) is 5.18. The molecule has 0 N–H and O–H groups in total. The molecule has 0 aromatic heterocycles. The fourth-order valence-electron chi connectivity index (χ4n) is 1.05. The molecule has 0 aliphatic heterocycles. The summed E-state index contributed by atoms with van der Waals surface area (Å²) in [5.74, 6) is 0.0162. The van der Waals surface area contributed by atoms with Crippen LogP contribution in [0.1, 0.15) is 17.3 Å². The van der Waals surface area contributed by atoms with E-state index in [0.29, 0.717) is 10.5 Å². The lowest BCUT2D eigenvalue weighted by Crippen LogP contribution is -2.03. The zero-order valence-electron chi connectivity index (χ0n) is 8.04. The largest absolute Gasteiger partial charge is 0.465 e. The second kappa shape index (κ2) is 5.00. The van der Waals surface area contributed by atoms with Crippen molar-refractivity contribution < 1.29 is 13.9 Å². The van der Waals surface area contributed by atoms with Gasteiger partial charge in [0.25, 0.3) is 0 Å². The van der Waals surface area contributed by atoms with Crippen molar-refractivity contribution in [1.82, 2.24) is 0 Å². The summed E-state index contributed by atoms with van der Waals surface area (Å²) in [5, 5.41) is 0. The molecule has 0 unspecified atom stereocenters. The van der Waals surface area contributed by atoms with E-state index >= 15 is 0 Å². The van der Waals surface area contributed by atoms with E-state index in [9.17, 15) is 9.18 Å². The number of ether oxygens (including phenoxy) is 1. The van der Waals surface area contributed by atoms with Crippen LogP contribution in [0, 0.1) is 5.82 Å². The molecular weight excluding hydrogens is 203 g/mol. The number of benzene rings is 1. The summed E-state index contributed by atoms with van der Waals surface area (Å²) in [6.07, 6.45) is 0. The van der Waals surface area contributed by atoms with Gasteiger partial charge in [-0.1, -0.05) is 6.92 Å². The van der Waals surface area contributed by atoms with E-state index in [2.05, 4.69) is 4.74 Å². The fourth-order valence-corrected chi connectivity index (χ4v) is 1.86. The lowest BCUT2D eigenvalue weighted by molar-refractivity contribution is 0.0596. The average molecular weight is 214 g/mol.